The molecule has 2 aromatic rings. The Kier molecular flexibility index (Phi) is 8.77. The van der Waals surface area contributed by atoms with E-state index in [0.717, 1.165) is 0 Å². The Hall–Kier alpha value is -3.22. The molecule has 0 radical (unpaired) electrons. The monoisotopic (exact) mass is 597 g/mol. The molecule has 2 fully saturated rings. The minimum atomic E-state index is -1.73. The number of rotatable bonds is 7. The number of fused-ring (bicyclic) bond motifs is 1. The number of hydrogen-bond acceptors (Lipinski definition) is 14. The molecule has 2 aromatic carbocycles. The van der Waals surface area contributed by atoms with E-state index in [1.807, 2.05) is 0 Å². The van der Waals surface area contributed by atoms with Crippen LogP contribution < -0.4 is 9.47 Å². The lowest BCUT2D eigenvalue weighted by molar-refractivity contribution is -0.278. The summed E-state index contributed by atoms with van der Waals surface area (Å²) in [4.78, 5) is 0. The highest BCUT2D eigenvalue weighted by atomic mass is 16.7. The number of benzene rings is 2. The molecule has 15 heteroatoms. The molecule has 11 N–H and O–H groups in total. The molecule has 5 rings (SSSR count). The van der Waals surface area contributed by atoms with Gasteiger partial charge < -0.3 is 74.7 Å². The van der Waals surface area contributed by atoms with Gasteiger partial charge in [-0.05, 0) is 24.3 Å². The number of aromatic hydroxyl groups is 3. The van der Waals surface area contributed by atoms with Crippen LogP contribution in [0.2, 0.25) is 0 Å². The maximum Gasteiger partial charge on any atom is 0.270 e. The predicted molar refractivity (Wildman–Crippen MR) is 138 cm³/mol. The van der Waals surface area contributed by atoms with Gasteiger partial charge in [0.05, 0.1) is 24.8 Å². The predicted octanol–water partition coefficient (Wildman–Crippen LogP) is -2.54. The molecule has 0 amide bonds. The van der Waals surface area contributed by atoms with Gasteiger partial charge in [-0.25, -0.2) is 0 Å². The molecule has 0 aromatic heterocycles. The van der Waals surface area contributed by atoms with Crippen LogP contribution in [-0.4, -0.2) is 130 Å². The van der Waals surface area contributed by atoms with Crippen LogP contribution in [0.25, 0.3) is 6.08 Å². The second kappa shape index (κ2) is 12.2. The van der Waals surface area contributed by atoms with Crippen LogP contribution in [0, 0.1) is 0 Å². The van der Waals surface area contributed by atoms with E-state index in [1.54, 1.807) is 18.2 Å². The van der Waals surface area contributed by atoms with Crippen LogP contribution in [0.1, 0.15) is 17.2 Å². The van der Waals surface area contributed by atoms with E-state index in [1.165, 1.54) is 24.3 Å². The zero-order valence-corrected chi connectivity index (χ0v) is 21.9. The first-order chi connectivity index (χ1) is 20.0. The van der Waals surface area contributed by atoms with E-state index in [-0.39, 0.29) is 28.7 Å². The van der Waals surface area contributed by atoms with E-state index >= 15 is 0 Å². The van der Waals surface area contributed by atoms with Crippen molar-refractivity contribution in [2.45, 2.75) is 67.5 Å². The van der Waals surface area contributed by atoms with Crippen LogP contribution in [0.3, 0.4) is 0 Å². The summed E-state index contributed by atoms with van der Waals surface area (Å²) >= 11 is 0. The summed E-state index contributed by atoms with van der Waals surface area (Å²) in [5.74, 6) is -0.471. The van der Waals surface area contributed by atoms with Crippen molar-refractivity contribution in [1.29, 1.82) is 0 Å². The Balaban J connectivity index is 1.49. The second-order valence-corrected chi connectivity index (χ2v) is 10.2. The fraction of sp³-hybridized carbons (Fsp3) is 0.481. The zero-order valence-electron chi connectivity index (χ0n) is 21.9. The Labute approximate surface area is 238 Å². The van der Waals surface area contributed by atoms with E-state index in [9.17, 15) is 51.1 Å². The van der Waals surface area contributed by atoms with Gasteiger partial charge in [0.1, 0.15) is 65.9 Å². The van der Waals surface area contributed by atoms with Gasteiger partial charge in [0.25, 0.3) is 5.75 Å². The van der Waals surface area contributed by atoms with Gasteiger partial charge in [0, 0.05) is 12.1 Å². The Bertz CT molecular complexity index is 1280. The molecule has 0 bridgehead atoms. The largest absolute Gasteiger partial charge is 0.574 e. The molecule has 230 valence electrons. The molecular weight excluding hydrogens is 564 g/mol. The molecule has 0 saturated carbocycles. The fourth-order valence-corrected chi connectivity index (χ4v) is 4.91. The van der Waals surface area contributed by atoms with Crippen molar-refractivity contribution < 1.29 is 74.7 Å². The van der Waals surface area contributed by atoms with E-state index in [2.05, 4.69) is 4.74 Å². The Morgan fingerprint density at radius 2 is 1.29 bits per heavy atom. The molecule has 0 spiro atoms. The van der Waals surface area contributed by atoms with Gasteiger partial charge in [-0.2, -0.15) is 0 Å². The fourth-order valence-electron chi connectivity index (χ4n) is 4.91. The third-order valence-electron chi connectivity index (χ3n) is 7.35. The normalized spacial score (nSPS) is 36.1. The minimum absolute atomic E-state index is 0.0107. The topological polar surface area (TPSA) is 252 Å². The van der Waals surface area contributed by atoms with E-state index in [4.69, 9.17) is 18.9 Å². The smallest absolute Gasteiger partial charge is 0.270 e. The van der Waals surface area contributed by atoms with E-state index in [0.29, 0.717) is 11.1 Å². The molecule has 11 unspecified atom stereocenters. The molecule has 0 aliphatic carbocycles. The summed E-state index contributed by atoms with van der Waals surface area (Å²) in [5.41, 5.74) is 0.872. The van der Waals surface area contributed by atoms with Gasteiger partial charge in [-0.15, -0.1) is 0 Å². The highest BCUT2D eigenvalue weighted by Gasteiger charge is 2.46. The Morgan fingerprint density at radius 1 is 0.690 bits per heavy atom. The van der Waals surface area contributed by atoms with Gasteiger partial charge in [0.2, 0.25) is 18.7 Å². The summed E-state index contributed by atoms with van der Waals surface area (Å²) < 4.78 is 27.2. The summed E-state index contributed by atoms with van der Waals surface area (Å²) in [5, 5.41) is 100. The van der Waals surface area contributed by atoms with Crippen molar-refractivity contribution in [3.8, 4) is 28.7 Å². The van der Waals surface area contributed by atoms with Crippen molar-refractivity contribution in [3.63, 3.8) is 0 Å². The number of ether oxygens (including phenoxy) is 5. The summed E-state index contributed by atoms with van der Waals surface area (Å²) in [6.07, 6.45) is -13.1. The standard InChI is InChI=1S/C27H32O15/c28-8-18-20(32)22(34)24(36)26(41-18)38-11-6-16-12(2-4-15(39-16)10-1-3-13(30)14(31)5-10)17(7-11)40-27-25(37)23(35)21(33)19(9-29)42-27/h1-7,15,18-37H,8-9H2/p+1. The molecule has 2 saturated heterocycles. The molecule has 11 atom stereocenters. The van der Waals surface area contributed by atoms with Gasteiger partial charge >= 0.3 is 0 Å². The number of hydrogen-bond donors (Lipinski definition) is 10. The van der Waals surface area contributed by atoms with Crippen LogP contribution in [-0.2, 0) is 9.47 Å². The molecule has 15 nitrogen and oxygen atoms in total. The quantitative estimate of drug-likeness (QED) is 0.117. The molecule has 3 aliphatic heterocycles. The van der Waals surface area contributed by atoms with Crippen LogP contribution in [0.15, 0.2) is 36.4 Å². The van der Waals surface area contributed by atoms with Gasteiger partial charge in [-0.3, -0.25) is 0 Å². The number of phenols is 2. The first-order valence-corrected chi connectivity index (χ1v) is 13.1. The maximum absolute atomic E-state index is 10.5. The van der Waals surface area contributed by atoms with Crippen LogP contribution in [0.4, 0.5) is 0 Å². The lowest BCUT2D eigenvalue weighted by Gasteiger charge is -2.40. The third kappa shape index (κ3) is 5.71. The lowest BCUT2D eigenvalue weighted by Crippen LogP contribution is -2.60. The number of aliphatic hydroxyl groups is 9. The molecule has 3 aliphatic rings. The second-order valence-electron chi connectivity index (χ2n) is 10.2. The SMILES string of the molecule is OCC1OC(Oc2cc(OC3OC(CO)C(O)C(O)C3O)c3c(c2)[OH+]C(c2ccc(O)c(O)c2)C=C3)C(O)C(O)C1O. The third-order valence-corrected chi connectivity index (χ3v) is 7.35. The lowest BCUT2D eigenvalue weighted by atomic mass is 9.99. The average molecular weight is 598 g/mol. The van der Waals surface area contributed by atoms with Crippen molar-refractivity contribution in [3.05, 3.63) is 47.5 Å². The Morgan fingerprint density at radius 3 is 1.86 bits per heavy atom. The summed E-state index contributed by atoms with van der Waals surface area (Å²) in [7, 11) is 0. The first kappa shape index (κ1) is 30.2. The highest BCUT2D eigenvalue weighted by Crippen LogP contribution is 2.44. The summed E-state index contributed by atoms with van der Waals surface area (Å²) in [6.45, 7) is -1.36. The van der Waals surface area contributed by atoms with Crippen molar-refractivity contribution >= 4 is 6.08 Å². The number of aliphatic hydroxyl groups excluding tert-OH is 8. The van der Waals surface area contributed by atoms with Crippen molar-refractivity contribution in [1.82, 2.24) is 0 Å². The zero-order chi connectivity index (χ0) is 30.3. The highest BCUT2D eigenvalue weighted by molar-refractivity contribution is 5.68. The molecular formula is C27H33O15+. The van der Waals surface area contributed by atoms with Crippen molar-refractivity contribution in [2.24, 2.45) is 0 Å². The van der Waals surface area contributed by atoms with Crippen molar-refractivity contribution in [2.75, 3.05) is 13.2 Å². The average Bonchev–Trinajstić information content (AvgIpc) is 2.98. The first-order valence-electron chi connectivity index (χ1n) is 13.1. The van der Waals surface area contributed by atoms with E-state index < -0.39 is 80.7 Å². The summed E-state index contributed by atoms with van der Waals surface area (Å²) in [6, 6.07) is 6.94. The minimum Gasteiger partial charge on any atom is -0.574 e. The van der Waals surface area contributed by atoms with Gasteiger partial charge in [0.15, 0.2) is 11.5 Å². The molecule has 42 heavy (non-hydrogen) atoms. The van der Waals surface area contributed by atoms with Gasteiger partial charge in [-0.1, -0.05) is 0 Å². The maximum atomic E-state index is 10.5. The number of phenolic OH excluding ortho intramolecular Hbond substituents is 2. The van der Waals surface area contributed by atoms with Crippen LogP contribution in [0.5, 0.6) is 28.7 Å². The molecule has 3 heterocycles. The van der Waals surface area contributed by atoms with Crippen LogP contribution >= 0.6 is 0 Å².